The molecule has 0 aliphatic heterocycles. The van der Waals surface area contributed by atoms with Crippen LogP contribution < -0.4 is 0 Å². The lowest BCUT2D eigenvalue weighted by Gasteiger charge is -2.00. The van der Waals surface area contributed by atoms with Gasteiger partial charge < -0.3 is 4.74 Å². The van der Waals surface area contributed by atoms with E-state index >= 15 is 0 Å². The number of hydrogen-bond acceptors (Lipinski definition) is 7. The maximum absolute atomic E-state index is 11.4. The van der Waals surface area contributed by atoms with Crippen molar-refractivity contribution in [2.75, 3.05) is 19.5 Å². The minimum absolute atomic E-state index is 0.0505. The first-order valence-electron chi connectivity index (χ1n) is 5.45. The fourth-order valence-corrected chi connectivity index (χ4v) is 1.57. The minimum Gasteiger partial charge on any atom is -0.457 e. The van der Waals surface area contributed by atoms with Gasteiger partial charge in [-0.15, -0.1) is 5.10 Å². The summed E-state index contributed by atoms with van der Waals surface area (Å²) in [5, 5.41) is 7.36. The van der Waals surface area contributed by atoms with Crippen LogP contribution in [0.5, 0.6) is 0 Å². The predicted octanol–water partition coefficient (Wildman–Crippen LogP) is -0.0128. The summed E-state index contributed by atoms with van der Waals surface area (Å²) in [5.41, 5.74) is 0.0888. The van der Waals surface area contributed by atoms with Crippen molar-refractivity contribution in [1.82, 2.24) is 15.0 Å². The third-order valence-electron chi connectivity index (χ3n) is 1.91. The number of carbonyl (C=O) groups excluding carboxylic acids is 1. The van der Waals surface area contributed by atoms with Crippen molar-refractivity contribution < 1.29 is 22.1 Å². The van der Waals surface area contributed by atoms with Gasteiger partial charge in [-0.1, -0.05) is 17.9 Å². The Morgan fingerprint density at radius 1 is 1.58 bits per heavy atom. The second kappa shape index (κ2) is 7.00. The Morgan fingerprint density at radius 3 is 2.95 bits per heavy atom. The number of esters is 1. The monoisotopic (exact) mass is 289 g/mol. The SMILES string of the molecule is C=CCOC(=O)c1cn(CCCOS(C)(=O)=O)nn1. The molecule has 0 bridgehead atoms. The van der Waals surface area contributed by atoms with Gasteiger partial charge in [0.25, 0.3) is 10.1 Å². The van der Waals surface area contributed by atoms with Crippen molar-refractivity contribution in [2.24, 2.45) is 0 Å². The van der Waals surface area contributed by atoms with Gasteiger partial charge in [0.2, 0.25) is 0 Å². The molecule has 19 heavy (non-hydrogen) atoms. The van der Waals surface area contributed by atoms with Crippen LogP contribution in [0.1, 0.15) is 16.9 Å². The molecule has 0 radical (unpaired) electrons. The van der Waals surface area contributed by atoms with Crippen molar-refractivity contribution in [1.29, 1.82) is 0 Å². The highest BCUT2D eigenvalue weighted by molar-refractivity contribution is 7.85. The molecule has 8 nitrogen and oxygen atoms in total. The second-order valence-electron chi connectivity index (χ2n) is 3.63. The van der Waals surface area contributed by atoms with Crippen molar-refractivity contribution in [2.45, 2.75) is 13.0 Å². The third-order valence-corrected chi connectivity index (χ3v) is 2.50. The first-order valence-corrected chi connectivity index (χ1v) is 7.26. The average Bonchev–Trinajstić information content (AvgIpc) is 2.79. The lowest BCUT2D eigenvalue weighted by atomic mass is 10.4. The topological polar surface area (TPSA) is 100 Å². The van der Waals surface area contributed by atoms with E-state index in [1.807, 2.05) is 0 Å². The smallest absolute Gasteiger partial charge is 0.360 e. The predicted molar refractivity (Wildman–Crippen MR) is 65.9 cm³/mol. The highest BCUT2D eigenvalue weighted by Crippen LogP contribution is 1.99. The van der Waals surface area contributed by atoms with Crippen molar-refractivity contribution in [3.8, 4) is 0 Å². The average molecular weight is 289 g/mol. The Bertz CT molecular complexity index is 537. The summed E-state index contributed by atoms with van der Waals surface area (Å²) in [4.78, 5) is 11.4. The van der Waals surface area contributed by atoms with Crippen LogP contribution in [0.4, 0.5) is 0 Å². The van der Waals surface area contributed by atoms with E-state index in [2.05, 4.69) is 21.1 Å². The summed E-state index contributed by atoms with van der Waals surface area (Å²) in [7, 11) is -3.43. The molecule has 0 saturated heterocycles. The largest absolute Gasteiger partial charge is 0.457 e. The molecular weight excluding hydrogens is 274 g/mol. The van der Waals surface area contributed by atoms with E-state index < -0.39 is 16.1 Å². The van der Waals surface area contributed by atoms with E-state index in [0.717, 1.165) is 6.26 Å². The highest BCUT2D eigenvalue weighted by Gasteiger charge is 2.11. The van der Waals surface area contributed by atoms with Gasteiger partial charge in [0.1, 0.15) is 6.61 Å². The van der Waals surface area contributed by atoms with E-state index in [-0.39, 0.29) is 18.9 Å². The molecule has 0 fully saturated rings. The molecule has 1 rings (SSSR count). The van der Waals surface area contributed by atoms with E-state index in [9.17, 15) is 13.2 Å². The molecule has 0 N–H and O–H groups in total. The number of carbonyl (C=O) groups is 1. The Balaban J connectivity index is 2.38. The Morgan fingerprint density at radius 2 is 2.32 bits per heavy atom. The number of ether oxygens (including phenoxy) is 1. The summed E-state index contributed by atoms with van der Waals surface area (Å²) in [6.07, 6.45) is 4.28. The number of aromatic nitrogens is 3. The molecule has 1 aromatic heterocycles. The number of rotatable bonds is 8. The standard InChI is InChI=1S/C10H15N3O5S/c1-3-6-17-10(14)9-8-13(12-11-9)5-4-7-18-19(2,15)16/h3,8H,1,4-7H2,2H3. The molecule has 0 atom stereocenters. The molecule has 0 unspecified atom stereocenters. The van der Waals surface area contributed by atoms with E-state index in [1.54, 1.807) is 0 Å². The van der Waals surface area contributed by atoms with Gasteiger partial charge in [-0.05, 0) is 6.42 Å². The third kappa shape index (κ3) is 6.11. The maximum atomic E-state index is 11.4. The van der Waals surface area contributed by atoms with Crippen LogP contribution in [0, 0.1) is 0 Å². The quantitative estimate of drug-likeness (QED) is 0.287. The minimum atomic E-state index is -3.43. The molecule has 0 saturated carbocycles. The van der Waals surface area contributed by atoms with Crippen LogP contribution in [0.2, 0.25) is 0 Å². The Kier molecular flexibility index (Phi) is 5.64. The zero-order valence-electron chi connectivity index (χ0n) is 10.5. The Hall–Kier alpha value is -1.74. The van der Waals surface area contributed by atoms with Crippen molar-refractivity contribution >= 4 is 16.1 Å². The first-order chi connectivity index (χ1) is 8.92. The van der Waals surface area contributed by atoms with Gasteiger partial charge >= 0.3 is 5.97 Å². The van der Waals surface area contributed by atoms with Gasteiger partial charge in [0.15, 0.2) is 5.69 Å². The number of hydrogen-bond donors (Lipinski definition) is 0. The van der Waals surface area contributed by atoms with Crippen LogP contribution in [-0.4, -0.2) is 48.9 Å². The summed E-state index contributed by atoms with van der Waals surface area (Å²) in [5.74, 6) is -0.585. The molecule has 0 spiro atoms. The fourth-order valence-electron chi connectivity index (χ4n) is 1.15. The molecular formula is C10H15N3O5S. The van der Waals surface area contributed by atoms with Crippen LogP contribution >= 0.6 is 0 Å². The molecule has 0 aromatic carbocycles. The molecule has 0 amide bonds. The van der Waals surface area contributed by atoms with Gasteiger partial charge in [0.05, 0.1) is 19.1 Å². The lowest BCUT2D eigenvalue weighted by molar-refractivity contribution is 0.0542. The summed E-state index contributed by atoms with van der Waals surface area (Å²) >= 11 is 0. The molecule has 0 aliphatic rings. The van der Waals surface area contributed by atoms with Crippen LogP contribution in [-0.2, 0) is 25.6 Å². The van der Waals surface area contributed by atoms with Gasteiger partial charge in [-0.2, -0.15) is 8.42 Å². The zero-order valence-corrected chi connectivity index (χ0v) is 11.3. The fraction of sp³-hybridized carbons (Fsp3) is 0.500. The van der Waals surface area contributed by atoms with Crippen molar-refractivity contribution in [3.63, 3.8) is 0 Å². The zero-order chi connectivity index (χ0) is 14.3. The molecule has 9 heteroatoms. The molecule has 1 aromatic rings. The van der Waals surface area contributed by atoms with E-state index in [1.165, 1.54) is 17.0 Å². The van der Waals surface area contributed by atoms with E-state index in [4.69, 9.17) is 4.74 Å². The van der Waals surface area contributed by atoms with Gasteiger partial charge in [-0.3, -0.25) is 8.86 Å². The maximum Gasteiger partial charge on any atom is 0.360 e. The van der Waals surface area contributed by atoms with Crippen LogP contribution in [0.3, 0.4) is 0 Å². The summed E-state index contributed by atoms with van der Waals surface area (Å²) in [6.45, 7) is 3.96. The van der Waals surface area contributed by atoms with E-state index in [0.29, 0.717) is 13.0 Å². The second-order valence-corrected chi connectivity index (χ2v) is 5.28. The van der Waals surface area contributed by atoms with Crippen LogP contribution in [0.15, 0.2) is 18.9 Å². The van der Waals surface area contributed by atoms with Crippen LogP contribution in [0.25, 0.3) is 0 Å². The molecule has 0 aliphatic carbocycles. The lowest BCUT2D eigenvalue weighted by Crippen LogP contribution is -2.08. The normalized spacial score (nSPS) is 11.2. The number of aryl methyl sites for hydroxylation is 1. The Labute approximate surface area is 111 Å². The summed E-state index contributed by atoms with van der Waals surface area (Å²) in [6, 6.07) is 0. The number of nitrogens with zero attached hydrogens (tertiary/aromatic N) is 3. The molecule has 106 valence electrons. The summed E-state index contributed by atoms with van der Waals surface area (Å²) < 4.78 is 32.2. The van der Waals surface area contributed by atoms with Gasteiger partial charge in [0, 0.05) is 6.54 Å². The van der Waals surface area contributed by atoms with Gasteiger partial charge in [-0.25, -0.2) is 4.79 Å². The molecule has 1 heterocycles. The first kappa shape index (κ1) is 15.3. The highest BCUT2D eigenvalue weighted by atomic mass is 32.2. The van der Waals surface area contributed by atoms with Crippen molar-refractivity contribution in [3.05, 3.63) is 24.5 Å².